The third-order valence-corrected chi connectivity index (χ3v) is 4.13. The highest BCUT2D eigenvalue weighted by Crippen LogP contribution is 2.24. The smallest absolute Gasteiger partial charge is 0.256 e. The summed E-state index contributed by atoms with van der Waals surface area (Å²) in [5, 5.41) is 3.23. The van der Waals surface area contributed by atoms with E-state index in [0.717, 1.165) is 43.9 Å². The minimum absolute atomic E-state index is 0.0924. The number of amides is 1. The van der Waals surface area contributed by atoms with E-state index in [-0.39, 0.29) is 11.6 Å². The van der Waals surface area contributed by atoms with Crippen LogP contribution in [0.2, 0.25) is 0 Å². The van der Waals surface area contributed by atoms with Crippen molar-refractivity contribution in [2.45, 2.75) is 37.8 Å². The van der Waals surface area contributed by atoms with Gasteiger partial charge < -0.3 is 10.2 Å². The summed E-state index contributed by atoms with van der Waals surface area (Å²) in [6.07, 6.45) is 3.74. The molecule has 0 atom stereocenters. The summed E-state index contributed by atoms with van der Waals surface area (Å²) in [4.78, 5) is 13.8. The van der Waals surface area contributed by atoms with E-state index in [4.69, 9.17) is 0 Å². The van der Waals surface area contributed by atoms with E-state index in [2.05, 4.69) is 5.32 Å². The van der Waals surface area contributed by atoms with Gasteiger partial charge in [0.1, 0.15) is 11.6 Å². The molecule has 110 valence electrons. The van der Waals surface area contributed by atoms with E-state index >= 15 is 0 Å². The number of carbonyl (C=O) groups excluding carboxylic acids is 1. The van der Waals surface area contributed by atoms with Gasteiger partial charge in [0.05, 0.1) is 5.56 Å². The fraction of sp³-hybridized carbons (Fsp3) is 0.533. The minimum Gasteiger partial charge on any atom is -0.339 e. The Labute approximate surface area is 118 Å². The first-order valence-corrected chi connectivity index (χ1v) is 6.92. The lowest BCUT2D eigenvalue weighted by Gasteiger charge is -2.34. The van der Waals surface area contributed by atoms with E-state index in [1.807, 2.05) is 7.05 Å². The molecular formula is C15H20F2N2O. The topological polar surface area (TPSA) is 32.3 Å². The Bertz CT molecular complexity index is 485. The second-order valence-electron chi connectivity index (χ2n) is 5.33. The first-order chi connectivity index (χ1) is 9.52. The summed E-state index contributed by atoms with van der Waals surface area (Å²) in [6.45, 7) is 0. The number of carbonyl (C=O) groups is 1. The van der Waals surface area contributed by atoms with Crippen molar-refractivity contribution in [2.24, 2.45) is 0 Å². The average Bonchev–Trinajstić information content (AvgIpc) is 2.48. The van der Waals surface area contributed by atoms with Crippen LogP contribution in [0.5, 0.6) is 0 Å². The summed E-state index contributed by atoms with van der Waals surface area (Å²) in [6, 6.07) is 3.56. The second-order valence-corrected chi connectivity index (χ2v) is 5.33. The number of nitrogens with one attached hydrogen (secondary N) is 1. The highest BCUT2D eigenvalue weighted by molar-refractivity contribution is 5.94. The molecule has 1 fully saturated rings. The van der Waals surface area contributed by atoms with Gasteiger partial charge in [0.25, 0.3) is 5.91 Å². The summed E-state index contributed by atoms with van der Waals surface area (Å²) in [5.74, 6) is -1.72. The average molecular weight is 282 g/mol. The van der Waals surface area contributed by atoms with Crippen molar-refractivity contribution in [1.29, 1.82) is 0 Å². The van der Waals surface area contributed by atoms with Crippen molar-refractivity contribution in [3.05, 3.63) is 35.4 Å². The number of halogens is 2. The van der Waals surface area contributed by atoms with Crippen LogP contribution in [0.15, 0.2) is 18.2 Å². The zero-order valence-electron chi connectivity index (χ0n) is 11.8. The van der Waals surface area contributed by atoms with Crippen LogP contribution in [0.1, 0.15) is 36.0 Å². The summed E-state index contributed by atoms with van der Waals surface area (Å²) in [7, 11) is 3.60. The molecule has 0 aromatic heterocycles. The first-order valence-electron chi connectivity index (χ1n) is 6.92. The van der Waals surface area contributed by atoms with E-state index in [9.17, 15) is 13.6 Å². The fourth-order valence-electron chi connectivity index (χ4n) is 2.77. The highest BCUT2D eigenvalue weighted by atomic mass is 19.1. The van der Waals surface area contributed by atoms with Crippen molar-refractivity contribution < 1.29 is 13.6 Å². The van der Waals surface area contributed by atoms with E-state index in [1.165, 1.54) is 0 Å². The monoisotopic (exact) mass is 282 g/mol. The van der Waals surface area contributed by atoms with Crippen LogP contribution in [0.25, 0.3) is 0 Å². The minimum atomic E-state index is -0.674. The van der Waals surface area contributed by atoms with Crippen molar-refractivity contribution in [2.75, 3.05) is 14.1 Å². The van der Waals surface area contributed by atoms with Gasteiger partial charge in [-0.2, -0.15) is 0 Å². The van der Waals surface area contributed by atoms with Gasteiger partial charge in [-0.3, -0.25) is 4.79 Å². The second kappa shape index (κ2) is 6.31. The van der Waals surface area contributed by atoms with Gasteiger partial charge in [-0.15, -0.1) is 0 Å². The van der Waals surface area contributed by atoms with Gasteiger partial charge in [0, 0.05) is 19.1 Å². The number of nitrogens with zero attached hydrogens (tertiary/aromatic N) is 1. The van der Waals surface area contributed by atoms with Crippen molar-refractivity contribution in [3.8, 4) is 0 Å². The lowest BCUT2D eigenvalue weighted by molar-refractivity contribution is 0.0680. The standard InChI is InChI=1S/C15H20F2N2O/c1-18-11-4-6-12(7-5-11)19(2)15(20)13-9-10(16)3-8-14(13)17/h3,8-9,11-12,18H,4-7H2,1-2H3. The molecule has 2 rings (SSSR count). The van der Waals surface area contributed by atoms with Gasteiger partial charge in [0.15, 0.2) is 0 Å². The fourth-order valence-corrected chi connectivity index (χ4v) is 2.77. The molecule has 1 aliphatic rings. The van der Waals surface area contributed by atoms with Crippen molar-refractivity contribution >= 4 is 5.91 Å². The maximum absolute atomic E-state index is 13.6. The molecular weight excluding hydrogens is 262 g/mol. The van der Waals surface area contributed by atoms with Crippen LogP contribution in [0, 0.1) is 11.6 Å². The van der Waals surface area contributed by atoms with Crippen LogP contribution >= 0.6 is 0 Å². The van der Waals surface area contributed by atoms with Gasteiger partial charge >= 0.3 is 0 Å². The maximum Gasteiger partial charge on any atom is 0.256 e. The predicted octanol–water partition coefficient (Wildman–Crippen LogP) is 2.57. The van der Waals surface area contributed by atoms with Crippen molar-refractivity contribution in [1.82, 2.24) is 10.2 Å². The molecule has 1 aliphatic carbocycles. The predicted molar refractivity (Wildman–Crippen MR) is 73.6 cm³/mol. The Hall–Kier alpha value is -1.49. The van der Waals surface area contributed by atoms with Crippen LogP contribution in [0.4, 0.5) is 8.78 Å². The first kappa shape index (κ1) is 14.9. The molecule has 0 aliphatic heterocycles. The van der Waals surface area contributed by atoms with Crippen LogP contribution in [-0.4, -0.2) is 37.0 Å². The third kappa shape index (κ3) is 3.15. The molecule has 0 unspecified atom stereocenters. The normalized spacial score (nSPS) is 22.6. The molecule has 0 radical (unpaired) electrons. The van der Waals surface area contributed by atoms with Gasteiger partial charge in [-0.25, -0.2) is 8.78 Å². The largest absolute Gasteiger partial charge is 0.339 e. The summed E-state index contributed by atoms with van der Waals surface area (Å²) in [5.41, 5.74) is -0.191. The lowest BCUT2D eigenvalue weighted by atomic mass is 9.90. The van der Waals surface area contributed by atoms with E-state index < -0.39 is 17.5 Å². The van der Waals surface area contributed by atoms with E-state index in [1.54, 1.807) is 11.9 Å². The highest BCUT2D eigenvalue weighted by Gasteiger charge is 2.27. The van der Waals surface area contributed by atoms with Crippen LogP contribution < -0.4 is 5.32 Å². The van der Waals surface area contributed by atoms with Crippen LogP contribution in [-0.2, 0) is 0 Å². The molecule has 1 N–H and O–H groups in total. The molecule has 0 bridgehead atoms. The summed E-state index contributed by atoms with van der Waals surface area (Å²) < 4.78 is 26.8. The molecule has 0 heterocycles. The molecule has 1 amide bonds. The Kier molecular flexibility index (Phi) is 4.70. The van der Waals surface area contributed by atoms with E-state index in [0.29, 0.717) is 6.04 Å². The Morgan fingerprint density at radius 2 is 1.90 bits per heavy atom. The number of hydrogen-bond acceptors (Lipinski definition) is 2. The zero-order valence-corrected chi connectivity index (χ0v) is 11.8. The summed E-state index contributed by atoms with van der Waals surface area (Å²) >= 11 is 0. The molecule has 5 heteroatoms. The quantitative estimate of drug-likeness (QED) is 0.924. The molecule has 3 nitrogen and oxygen atoms in total. The number of benzene rings is 1. The molecule has 1 saturated carbocycles. The van der Waals surface area contributed by atoms with Gasteiger partial charge in [-0.1, -0.05) is 0 Å². The molecule has 0 saturated heterocycles. The lowest BCUT2D eigenvalue weighted by Crippen LogP contribution is -2.42. The molecule has 1 aromatic rings. The molecule has 0 spiro atoms. The Morgan fingerprint density at radius 1 is 1.25 bits per heavy atom. The van der Waals surface area contributed by atoms with Gasteiger partial charge in [0.2, 0.25) is 0 Å². The third-order valence-electron chi connectivity index (χ3n) is 4.13. The molecule has 1 aromatic carbocycles. The van der Waals surface area contributed by atoms with Crippen LogP contribution in [0.3, 0.4) is 0 Å². The molecule has 20 heavy (non-hydrogen) atoms. The number of rotatable bonds is 3. The zero-order chi connectivity index (χ0) is 14.7. The van der Waals surface area contributed by atoms with Crippen molar-refractivity contribution in [3.63, 3.8) is 0 Å². The Balaban J connectivity index is 2.07. The van der Waals surface area contributed by atoms with Gasteiger partial charge in [-0.05, 0) is 50.9 Å². The number of hydrogen-bond donors (Lipinski definition) is 1. The Morgan fingerprint density at radius 3 is 2.50 bits per heavy atom. The SMILES string of the molecule is CNC1CCC(N(C)C(=O)c2cc(F)ccc2F)CC1. The maximum atomic E-state index is 13.6.